The molecule has 0 radical (unpaired) electrons. The van der Waals surface area contributed by atoms with Crippen molar-refractivity contribution in [2.75, 3.05) is 0 Å². The van der Waals surface area contributed by atoms with Crippen molar-refractivity contribution in [1.82, 2.24) is 0 Å². The average molecular weight is 196 g/mol. The van der Waals surface area contributed by atoms with Crippen molar-refractivity contribution in [1.29, 1.82) is 0 Å². The summed E-state index contributed by atoms with van der Waals surface area (Å²) in [4.78, 5) is 11.3. The lowest BCUT2D eigenvalue weighted by atomic mass is 9.56. The quantitative estimate of drug-likeness (QED) is 0.523. The molecule has 0 N–H and O–H groups in total. The lowest BCUT2D eigenvalue weighted by Crippen LogP contribution is -2.60. The topological polar surface area (TPSA) is 51.2 Å². The molecule has 0 saturated heterocycles. The Hall–Kier alpha value is -0.900. The monoisotopic (exact) mass is 196 g/mol. The molecule has 0 spiro atoms. The second-order valence-corrected chi connectivity index (χ2v) is 5.82. The Bertz CT molecular complexity index is 443. The lowest BCUT2D eigenvalue weighted by molar-refractivity contribution is -0.124. The molecule has 1 fully saturated rings. The molecule has 4 heteroatoms. The number of carbonyl (C=O) groups is 1. The maximum absolute atomic E-state index is 11.5. The zero-order valence-corrected chi connectivity index (χ0v) is 7.57. The third-order valence-electron chi connectivity index (χ3n) is 3.28. The van der Waals surface area contributed by atoms with Crippen LogP contribution in [0.25, 0.3) is 0 Å². The Morgan fingerprint density at radius 2 is 1.85 bits per heavy atom. The molecule has 3 nitrogen and oxygen atoms in total. The van der Waals surface area contributed by atoms with E-state index in [0.29, 0.717) is 0 Å². The highest BCUT2D eigenvalue weighted by Crippen LogP contribution is 2.54. The highest BCUT2D eigenvalue weighted by atomic mass is 32.2. The largest absolute Gasteiger partial charge is 0.294 e. The SMILES string of the molecule is O=C1C=CS(=O)(=O)C2C3C=CC3C12. The average Bonchev–Trinajstić information content (AvgIpc) is 2.02. The van der Waals surface area contributed by atoms with E-state index in [-0.39, 0.29) is 23.5 Å². The summed E-state index contributed by atoms with van der Waals surface area (Å²) < 4.78 is 23.0. The molecular formula is C9H8O3S. The van der Waals surface area contributed by atoms with Gasteiger partial charge in [0.25, 0.3) is 0 Å². The summed E-state index contributed by atoms with van der Waals surface area (Å²) in [5.74, 6) is 0.0246. The van der Waals surface area contributed by atoms with Crippen LogP contribution >= 0.6 is 0 Å². The molecule has 13 heavy (non-hydrogen) atoms. The third kappa shape index (κ3) is 0.705. The van der Waals surface area contributed by atoms with Crippen LogP contribution in [0.1, 0.15) is 0 Å². The molecule has 0 bridgehead atoms. The Morgan fingerprint density at radius 1 is 1.15 bits per heavy atom. The van der Waals surface area contributed by atoms with E-state index in [1.807, 2.05) is 12.2 Å². The molecule has 0 amide bonds. The predicted molar refractivity (Wildman–Crippen MR) is 46.5 cm³/mol. The fraction of sp³-hybridized carbons (Fsp3) is 0.444. The fourth-order valence-electron chi connectivity index (χ4n) is 2.51. The van der Waals surface area contributed by atoms with Crippen LogP contribution in [0.15, 0.2) is 23.6 Å². The molecule has 0 aromatic heterocycles. The highest BCUT2D eigenvalue weighted by molar-refractivity contribution is 7.95. The Labute approximate surface area is 76.0 Å². The van der Waals surface area contributed by atoms with Crippen molar-refractivity contribution < 1.29 is 13.2 Å². The number of fused-ring (bicyclic) bond motifs is 4. The van der Waals surface area contributed by atoms with Gasteiger partial charge < -0.3 is 0 Å². The second-order valence-electron chi connectivity index (χ2n) is 3.82. The Morgan fingerprint density at radius 3 is 2.38 bits per heavy atom. The van der Waals surface area contributed by atoms with Gasteiger partial charge in [0, 0.05) is 17.2 Å². The second kappa shape index (κ2) is 1.95. The van der Waals surface area contributed by atoms with Crippen LogP contribution in [0.2, 0.25) is 0 Å². The Kier molecular flexibility index (Phi) is 1.12. The molecule has 2 aliphatic carbocycles. The van der Waals surface area contributed by atoms with Crippen molar-refractivity contribution in [3.05, 3.63) is 23.6 Å². The summed E-state index contributed by atoms with van der Waals surface area (Å²) in [6, 6.07) is 0. The normalized spacial score (nSPS) is 48.8. The first-order chi connectivity index (χ1) is 6.11. The minimum Gasteiger partial charge on any atom is -0.294 e. The van der Waals surface area contributed by atoms with Gasteiger partial charge in [-0.2, -0.15) is 0 Å². The van der Waals surface area contributed by atoms with Crippen molar-refractivity contribution in [2.24, 2.45) is 17.8 Å². The first kappa shape index (κ1) is 7.50. The summed E-state index contributed by atoms with van der Waals surface area (Å²) in [6.45, 7) is 0. The molecule has 3 rings (SSSR count). The van der Waals surface area contributed by atoms with Gasteiger partial charge in [-0.25, -0.2) is 8.42 Å². The minimum atomic E-state index is -3.14. The van der Waals surface area contributed by atoms with E-state index in [9.17, 15) is 13.2 Å². The number of ketones is 1. The zero-order valence-electron chi connectivity index (χ0n) is 6.75. The van der Waals surface area contributed by atoms with E-state index in [2.05, 4.69) is 0 Å². The molecule has 0 aromatic carbocycles. The van der Waals surface area contributed by atoms with Gasteiger partial charge in [0.05, 0.1) is 5.25 Å². The van der Waals surface area contributed by atoms with Crippen molar-refractivity contribution in [3.63, 3.8) is 0 Å². The van der Waals surface area contributed by atoms with E-state index >= 15 is 0 Å². The number of hydrogen-bond acceptors (Lipinski definition) is 3. The van der Waals surface area contributed by atoms with E-state index < -0.39 is 15.1 Å². The van der Waals surface area contributed by atoms with Crippen LogP contribution in [-0.4, -0.2) is 19.5 Å². The van der Waals surface area contributed by atoms with Gasteiger partial charge in [-0.05, 0) is 12.0 Å². The van der Waals surface area contributed by atoms with Gasteiger partial charge in [-0.1, -0.05) is 12.2 Å². The van der Waals surface area contributed by atoms with Gasteiger partial charge in [-0.15, -0.1) is 0 Å². The van der Waals surface area contributed by atoms with Crippen molar-refractivity contribution >= 4 is 15.6 Å². The van der Waals surface area contributed by atoms with Gasteiger partial charge in [0.2, 0.25) is 0 Å². The van der Waals surface area contributed by atoms with Gasteiger partial charge in [-0.3, -0.25) is 4.79 Å². The van der Waals surface area contributed by atoms with Crippen LogP contribution < -0.4 is 0 Å². The molecule has 1 aliphatic heterocycles. The summed E-state index contributed by atoms with van der Waals surface area (Å²) in [6.07, 6.45) is 5.05. The van der Waals surface area contributed by atoms with Crippen molar-refractivity contribution in [2.45, 2.75) is 5.25 Å². The van der Waals surface area contributed by atoms with Crippen LogP contribution in [0, 0.1) is 17.8 Å². The zero-order chi connectivity index (χ0) is 9.22. The van der Waals surface area contributed by atoms with Gasteiger partial charge in [0.15, 0.2) is 15.6 Å². The van der Waals surface area contributed by atoms with Crippen LogP contribution in [0.4, 0.5) is 0 Å². The number of hydrogen-bond donors (Lipinski definition) is 0. The molecule has 0 aromatic rings. The minimum absolute atomic E-state index is 0.0228. The first-order valence-corrected chi connectivity index (χ1v) is 5.86. The van der Waals surface area contributed by atoms with E-state index in [4.69, 9.17) is 0 Å². The van der Waals surface area contributed by atoms with E-state index in [1.165, 1.54) is 6.08 Å². The summed E-state index contributed by atoms with van der Waals surface area (Å²) in [5.41, 5.74) is 0. The molecule has 1 saturated carbocycles. The van der Waals surface area contributed by atoms with Crippen LogP contribution in [0.3, 0.4) is 0 Å². The van der Waals surface area contributed by atoms with E-state index in [1.54, 1.807) is 0 Å². The third-order valence-corrected chi connectivity index (χ3v) is 5.16. The fourth-order valence-corrected chi connectivity index (χ4v) is 4.45. The molecule has 3 aliphatic rings. The smallest absolute Gasteiger partial charge is 0.175 e. The van der Waals surface area contributed by atoms with Crippen LogP contribution in [0.5, 0.6) is 0 Å². The molecule has 1 heterocycles. The molecular weight excluding hydrogens is 188 g/mol. The van der Waals surface area contributed by atoms with Crippen molar-refractivity contribution in [3.8, 4) is 0 Å². The summed E-state index contributed by atoms with van der Waals surface area (Å²) in [5, 5.41) is 0.624. The number of rotatable bonds is 0. The van der Waals surface area contributed by atoms with E-state index in [0.717, 1.165) is 5.41 Å². The van der Waals surface area contributed by atoms with Gasteiger partial charge in [0.1, 0.15) is 0 Å². The molecule has 4 atom stereocenters. The maximum atomic E-state index is 11.5. The predicted octanol–water partition coefficient (Wildman–Crippen LogP) is 0.298. The standard InChI is InChI=1S/C9H8O3S/c10-7-3-4-13(11,12)9-6-2-1-5(6)8(7)9/h1-6,8-9H. The molecule has 4 unspecified atom stereocenters. The number of allylic oxidation sites excluding steroid dienone is 3. The lowest BCUT2D eigenvalue weighted by Gasteiger charge is -2.53. The first-order valence-electron chi connectivity index (χ1n) is 4.25. The summed E-state index contributed by atoms with van der Waals surface area (Å²) >= 11 is 0. The summed E-state index contributed by atoms with van der Waals surface area (Å²) in [7, 11) is -3.14. The number of sulfone groups is 1. The maximum Gasteiger partial charge on any atom is 0.175 e. The number of carbonyl (C=O) groups excluding carboxylic acids is 1. The van der Waals surface area contributed by atoms with Gasteiger partial charge >= 0.3 is 0 Å². The van der Waals surface area contributed by atoms with Crippen LogP contribution in [-0.2, 0) is 14.6 Å². The molecule has 68 valence electrons. The Balaban J connectivity index is 2.14. The highest BCUT2D eigenvalue weighted by Gasteiger charge is 2.60.